The monoisotopic (exact) mass is 395 g/mol. The molecule has 1 aliphatic rings. The molecular weight excluding hydrogens is 378 g/mol. The van der Waals surface area contributed by atoms with Gasteiger partial charge in [0.2, 0.25) is 12.7 Å². The predicted octanol–water partition coefficient (Wildman–Crippen LogP) is 3.11. The highest BCUT2D eigenvalue weighted by atomic mass is 35.5. The summed E-state index contributed by atoms with van der Waals surface area (Å²) in [5.74, 6) is 0.692. The van der Waals surface area contributed by atoms with Gasteiger partial charge in [-0.1, -0.05) is 17.7 Å². The molecule has 3 rings (SSSR count). The number of sulfone groups is 1. The highest BCUT2D eigenvalue weighted by Crippen LogP contribution is 2.34. The lowest BCUT2D eigenvalue weighted by atomic mass is 10.1. The van der Waals surface area contributed by atoms with Crippen molar-refractivity contribution in [3.63, 3.8) is 0 Å². The minimum absolute atomic E-state index is 0.125. The van der Waals surface area contributed by atoms with Crippen LogP contribution in [0.25, 0.3) is 0 Å². The number of ether oxygens (including phenoxy) is 2. The van der Waals surface area contributed by atoms with Crippen LogP contribution in [0.4, 0.5) is 0 Å². The number of amides is 1. The van der Waals surface area contributed by atoms with E-state index in [4.69, 9.17) is 21.1 Å². The zero-order valence-electron chi connectivity index (χ0n) is 14.1. The molecule has 0 saturated carbocycles. The fourth-order valence-electron chi connectivity index (χ4n) is 2.57. The van der Waals surface area contributed by atoms with Gasteiger partial charge >= 0.3 is 0 Å². The molecule has 0 aliphatic carbocycles. The summed E-state index contributed by atoms with van der Waals surface area (Å²) < 4.78 is 35.1. The van der Waals surface area contributed by atoms with E-state index in [1.165, 1.54) is 24.3 Å². The highest BCUT2D eigenvalue weighted by Gasteiger charge is 2.19. The molecule has 0 aromatic heterocycles. The van der Waals surface area contributed by atoms with Crippen molar-refractivity contribution in [2.75, 3.05) is 12.5 Å². The standard InChI is InChI=1S/C18H18ClNO5S/c1-12(13-2-7-16-17(10-13)25-11-24-16)20-18(21)8-9-26(22,23)15-5-3-14(19)4-6-15/h2-7,10,12H,8-9,11H2,1H3,(H,20,21). The van der Waals surface area contributed by atoms with Crippen molar-refractivity contribution >= 4 is 27.3 Å². The van der Waals surface area contributed by atoms with Gasteiger partial charge < -0.3 is 14.8 Å². The van der Waals surface area contributed by atoms with Gasteiger partial charge in [-0.05, 0) is 48.9 Å². The molecule has 1 amide bonds. The van der Waals surface area contributed by atoms with Gasteiger partial charge in [-0.2, -0.15) is 0 Å². The molecular formula is C18H18ClNO5S. The van der Waals surface area contributed by atoms with Crippen LogP contribution < -0.4 is 14.8 Å². The Morgan fingerprint density at radius 1 is 1.15 bits per heavy atom. The van der Waals surface area contributed by atoms with Crippen molar-refractivity contribution in [3.8, 4) is 11.5 Å². The second kappa shape index (κ2) is 7.55. The SMILES string of the molecule is CC(NC(=O)CCS(=O)(=O)c1ccc(Cl)cc1)c1ccc2c(c1)OCO2. The third kappa shape index (κ3) is 4.28. The number of nitrogens with one attached hydrogen (secondary N) is 1. The second-order valence-electron chi connectivity index (χ2n) is 5.92. The van der Waals surface area contributed by atoms with Crippen molar-refractivity contribution in [1.82, 2.24) is 5.32 Å². The summed E-state index contributed by atoms with van der Waals surface area (Å²) in [5.41, 5.74) is 0.850. The first-order chi connectivity index (χ1) is 12.3. The van der Waals surface area contributed by atoms with E-state index in [1.807, 2.05) is 13.0 Å². The summed E-state index contributed by atoms with van der Waals surface area (Å²) in [6.07, 6.45) is -0.125. The Balaban J connectivity index is 1.57. The van der Waals surface area contributed by atoms with Gasteiger partial charge in [0.25, 0.3) is 0 Å². The third-order valence-electron chi connectivity index (χ3n) is 4.04. The average molecular weight is 396 g/mol. The summed E-state index contributed by atoms with van der Waals surface area (Å²) in [6.45, 7) is 2.01. The Bertz CT molecular complexity index is 912. The first kappa shape index (κ1) is 18.5. The van der Waals surface area contributed by atoms with E-state index in [9.17, 15) is 13.2 Å². The lowest BCUT2D eigenvalue weighted by Gasteiger charge is -2.15. The van der Waals surface area contributed by atoms with Gasteiger partial charge in [-0.15, -0.1) is 0 Å². The Labute approximate surface area is 157 Å². The van der Waals surface area contributed by atoms with Crippen molar-refractivity contribution in [2.24, 2.45) is 0 Å². The van der Waals surface area contributed by atoms with Gasteiger partial charge in [0.1, 0.15) is 0 Å². The molecule has 1 N–H and O–H groups in total. The van der Waals surface area contributed by atoms with Crippen LogP contribution in [-0.4, -0.2) is 26.9 Å². The number of hydrogen-bond donors (Lipinski definition) is 1. The second-order valence-corrected chi connectivity index (χ2v) is 8.47. The molecule has 0 fully saturated rings. The lowest BCUT2D eigenvalue weighted by molar-refractivity contribution is -0.121. The highest BCUT2D eigenvalue weighted by molar-refractivity contribution is 7.91. The van der Waals surface area contributed by atoms with Gasteiger partial charge in [-0.3, -0.25) is 4.79 Å². The van der Waals surface area contributed by atoms with E-state index in [2.05, 4.69) is 5.32 Å². The number of halogens is 1. The van der Waals surface area contributed by atoms with Crippen LogP contribution in [-0.2, 0) is 14.6 Å². The van der Waals surface area contributed by atoms with Crippen LogP contribution >= 0.6 is 11.6 Å². The molecule has 26 heavy (non-hydrogen) atoms. The van der Waals surface area contributed by atoms with Gasteiger partial charge in [0.15, 0.2) is 21.3 Å². The molecule has 1 atom stereocenters. The van der Waals surface area contributed by atoms with Gasteiger partial charge in [0, 0.05) is 11.4 Å². The summed E-state index contributed by atoms with van der Waals surface area (Å²) in [7, 11) is -3.54. The molecule has 0 saturated heterocycles. The maximum Gasteiger partial charge on any atom is 0.231 e. The Kier molecular flexibility index (Phi) is 5.38. The fourth-order valence-corrected chi connectivity index (χ4v) is 3.93. The molecule has 1 aliphatic heterocycles. The average Bonchev–Trinajstić information content (AvgIpc) is 3.08. The Hall–Kier alpha value is -2.25. The maximum absolute atomic E-state index is 12.3. The smallest absolute Gasteiger partial charge is 0.231 e. The molecule has 138 valence electrons. The van der Waals surface area contributed by atoms with Crippen molar-refractivity contribution in [2.45, 2.75) is 24.3 Å². The third-order valence-corrected chi connectivity index (χ3v) is 6.03. The molecule has 0 radical (unpaired) electrons. The van der Waals surface area contributed by atoms with Crippen LogP contribution in [0.2, 0.25) is 5.02 Å². The van der Waals surface area contributed by atoms with Crippen LogP contribution in [0.5, 0.6) is 11.5 Å². The zero-order chi connectivity index (χ0) is 18.7. The van der Waals surface area contributed by atoms with E-state index in [1.54, 1.807) is 12.1 Å². The topological polar surface area (TPSA) is 81.7 Å². The quantitative estimate of drug-likeness (QED) is 0.812. The van der Waals surface area contributed by atoms with Gasteiger partial charge in [0.05, 0.1) is 16.7 Å². The van der Waals surface area contributed by atoms with Crippen LogP contribution in [0.3, 0.4) is 0 Å². The first-order valence-corrected chi connectivity index (χ1v) is 10.1. The molecule has 8 heteroatoms. The molecule has 0 spiro atoms. The van der Waals surface area contributed by atoms with E-state index in [0.717, 1.165) is 5.56 Å². The molecule has 2 aromatic rings. The van der Waals surface area contributed by atoms with Crippen molar-refractivity contribution in [3.05, 3.63) is 53.1 Å². The molecule has 0 bridgehead atoms. The first-order valence-electron chi connectivity index (χ1n) is 8.02. The molecule has 6 nitrogen and oxygen atoms in total. The van der Waals surface area contributed by atoms with E-state index in [-0.39, 0.29) is 35.8 Å². The summed E-state index contributed by atoms with van der Waals surface area (Å²) in [5, 5.41) is 3.26. The number of rotatable bonds is 6. The van der Waals surface area contributed by atoms with Crippen molar-refractivity contribution < 1.29 is 22.7 Å². The van der Waals surface area contributed by atoms with Crippen molar-refractivity contribution in [1.29, 1.82) is 0 Å². The van der Waals surface area contributed by atoms with Crippen LogP contribution in [0.1, 0.15) is 24.9 Å². The van der Waals surface area contributed by atoms with E-state index in [0.29, 0.717) is 16.5 Å². The number of carbonyl (C=O) groups excluding carboxylic acids is 1. The minimum atomic E-state index is -3.54. The predicted molar refractivity (Wildman–Crippen MR) is 97.2 cm³/mol. The number of carbonyl (C=O) groups is 1. The van der Waals surface area contributed by atoms with Crippen LogP contribution in [0.15, 0.2) is 47.4 Å². The zero-order valence-corrected chi connectivity index (χ0v) is 15.6. The van der Waals surface area contributed by atoms with E-state index >= 15 is 0 Å². The summed E-state index contributed by atoms with van der Waals surface area (Å²) in [4.78, 5) is 12.3. The van der Waals surface area contributed by atoms with E-state index < -0.39 is 9.84 Å². The Morgan fingerprint density at radius 2 is 1.85 bits per heavy atom. The lowest BCUT2D eigenvalue weighted by Crippen LogP contribution is -2.28. The maximum atomic E-state index is 12.3. The molecule has 1 unspecified atom stereocenters. The Morgan fingerprint density at radius 3 is 2.58 bits per heavy atom. The minimum Gasteiger partial charge on any atom is -0.454 e. The molecule has 2 aromatic carbocycles. The molecule has 1 heterocycles. The largest absolute Gasteiger partial charge is 0.454 e. The summed E-state index contributed by atoms with van der Waals surface area (Å²) in [6, 6.07) is 11.0. The normalized spacial score (nSPS) is 14.1. The number of benzene rings is 2. The number of fused-ring (bicyclic) bond motifs is 1. The fraction of sp³-hybridized carbons (Fsp3) is 0.278. The van der Waals surface area contributed by atoms with Crippen LogP contribution in [0, 0.1) is 0 Å². The summed E-state index contributed by atoms with van der Waals surface area (Å²) >= 11 is 5.76. The number of hydrogen-bond acceptors (Lipinski definition) is 5. The van der Waals surface area contributed by atoms with Gasteiger partial charge in [-0.25, -0.2) is 8.42 Å².